The van der Waals surface area contributed by atoms with E-state index in [1.165, 1.54) is 0 Å². The van der Waals surface area contributed by atoms with Crippen LogP contribution in [0.4, 0.5) is 0 Å². The van der Waals surface area contributed by atoms with Gasteiger partial charge in [-0.1, -0.05) is 0 Å². The second-order valence-electron chi connectivity index (χ2n) is 0.436. The van der Waals surface area contributed by atoms with Gasteiger partial charge in [0.15, 0.2) is 0 Å². The predicted octanol–water partition coefficient (Wildman–Crippen LogP) is -3.05. The molecule has 0 aromatic heterocycles. The molecule has 0 heterocycles. The minimum atomic E-state index is -3.92. The second kappa shape index (κ2) is 4.17. The maximum absolute atomic E-state index is 9.36. The summed E-state index contributed by atoms with van der Waals surface area (Å²) in [7, 11) is 0. The van der Waals surface area contributed by atoms with Crippen molar-refractivity contribution >= 4 is 42.1 Å². The van der Waals surface area contributed by atoms with E-state index in [0.717, 1.165) is 0 Å². The van der Waals surface area contributed by atoms with Crippen LogP contribution in [0.25, 0.3) is 0 Å². The summed E-state index contributed by atoms with van der Waals surface area (Å²) in [5.41, 5.74) is 0. The van der Waals surface area contributed by atoms with Crippen molar-refractivity contribution in [1.29, 1.82) is 0 Å². The van der Waals surface area contributed by atoms with E-state index in [4.69, 9.17) is 0 Å². The number of halogens is 2. The van der Waals surface area contributed by atoms with Crippen molar-refractivity contribution in [1.82, 2.24) is 0 Å². The van der Waals surface area contributed by atoms with Gasteiger partial charge in [-0.25, -0.2) is 0 Å². The Bertz CT molecular complexity index is 35.3. The first-order chi connectivity index (χ1) is 3.13. The molecule has 0 radical (unpaired) electrons. The van der Waals surface area contributed by atoms with Gasteiger partial charge < -0.3 is 0 Å². The van der Waals surface area contributed by atoms with E-state index in [1.54, 1.807) is 0 Å². The van der Waals surface area contributed by atoms with E-state index in [2.05, 4.69) is 1.40 Å². The predicted molar refractivity (Wildman–Crippen MR) is 29.1 cm³/mol. The van der Waals surface area contributed by atoms with E-state index in [-0.39, 0.29) is 0 Å². The summed E-state index contributed by atoms with van der Waals surface area (Å²) in [6, 6.07) is 0. The van der Waals surface area contributed by atoms with Crippen LogP contribution in [0.15, 0.2) is 0 Å². The van der Waals surface area contributed by atoms with Crippen LogP contribution in [-0.2, 0) is 1.40 Å². The summed E-state index contributed by atoms with van der Waals surface area (Å²) in [6.07, 6.45) is 0. The molecule has 0 saturated heterocycles. The molecule has 7 heavy (non-hydrogen) atoms. The van der Waals surface area contributed by atoms with Crippen LogP contribution in [0.5, 0.6) is 0 Å². The molecule has 7 heteroatoms. The summed E-state index contributed by atoms with van der Waals surface area (Å²) in [6.45, 7) is 0. The van der Waals surface area contributed by atoms with Gasteiger partial charge in [-0.3, -0.25) is 0 Å². The SMILES string of the molecule is [O-]I([O-])OI([O-])[O-]. The van der Waals surface area contributed by atoms with Gasteiger partial charge in [0.05, 0.1) is 0 Å². The molecule has 0 rings (SSSR count). The molecule has 0 aromatic rings. The van der Waals surface area contributed by atoms with Crippen molar-refractivity contribution in [3.05, 3.63) is 0 Å². The van der Waals surface area contributed by atoms with Crippen molar-refractivity contribution in [3.63, 3.8) is 0 Å². The molecule has 48 valence electrons. The van der Waals surface area contributed by atoms with E-state index in [0.29, 0.717) is 0 Å². The third-order valence-electron chi connectivity index (χ3n) is 0.0952. The van der Waals surface area contributed by atoms with Crippen LogP contribution >= 0.6 is 42.1 Å². The summed E-state index contributed by atoms with van der Waals surface area (Å²) in [5, 5.41) is 0. The van der Waals surface area contributed by atoms with Gasteiger partial charge in [-0.05, 0) is 0 Å². The fourth-order valence-electron chi connectivity index (χ4n) is 0.0389. The van der Waals surface area contributed by atoms with Crippen molar-refractivity contribution in [2.45, 2.75) is 0 Å². The van der Waals surface area contributed by atoms with E-state index in [9.17, 15) is 13.7 Å². The number of hydrogen-bond donors (Lipinski definition) is 0. The van der Waals surface area contributed by atoms with Crippen molar-refractivity contribution in [2.24, 2.45) is 0 Å². The molecule has 0 N–H and O–H groups in total. The van der Waals surface area contributed by atoms with Crippen LogP contribution in [0.3, 0.4) is 0 Å². The molecule has 0 aliphatic heterocycles. The Kier molecular flexibility index (Phi) is 4.92. The van der Waals surface area contributed by atoms with Crippen LogP contribution in [-0.4, -0.2) is 0 Å². The monoisotopic (exact) mass is 334 g/mol. The zero-order valence-electron chi connectivity index (χ0n) is 2.80. The van der Waals surface area contributed by atoms with E-state index in [1.807, 2.05) is 0 Å². The summed E-state index contributed by atoms with van der Waals surface area (Å²) >= 11 is -7.85. The van der Waals surface area contributed by atoms with Gasteiger partial charge in [0.25, 0.3) is 0 Å². The maximum atomic E-state index is 9.36. The summed E-state index contributed by atoms with van der Waals surface area (Å²) < 4.78 is 40.8. The summed E-state index contributed by atoms with van der Waals surface area (Å²) in [5.74, 6) is 0. The standard InChI is InChI=1S/I2O5/c3-1(4)7-2(5)6/q-4. The van der Waals surface area contributed by atoms with Crippen LogP contribution in [0, 0.1) is 0 Å². The number of hydrogen-bond acceptors (Lipinski definition) is 5. The Morgan fingerprint density at radius 2 is 1.14 bits per heavy atom. The fourth-order valence-corrected chi connectivity index (χ4v) is 1.75. The first kappa shape index (κ1) is 8.26. The molecule has 0 spiro atoms. The minimum absolute atomic E-state index is 3.34. The molecule has 0 aliphatic rings. The Morgan fingerprint density at radius 3 is 1.14 bits per heavy atom. The van der Waals surface area contributed by atoms with Crippen molar-refractivity contribution < 1.29 is 15.1 Å². The molecule has 0 unspecified atom stereocenters. The zero-order chi connectivity index (χ0) is 5.86. The zero-order valence-corrected chi connectivity index (χ0v) is 7.11. The molecule has 5 nitrogen and oxygen atoms in total. The van der Waals surface area contributed by atoms with Crippen molar-refractivity contribution in [3.8, 4) is 0 Å². The topological polar surface area (TPSA) is 101 Å². The third kappa shape index (κ3) is 7.26. The molecule has 0 saturated carbocycles. The van der Waals surface area contributed by atoms with Crippen molar-refractivity contribution in [2.75, 3.05) is 0 Å². The van der Waals surface area contributed by atoms with Gasteiger partial charge >= 0.3 is 57.3 Å². The fraction of sp³-hybridized carbons (Fsp3) is 0. The Balaban J connectivity index is 2.95. The van der Waals surface area contributed by atoms with E-state index >= 15 is 0 Å². The average molecular weight is 334 g/mol. The molecule has 0 atom stereocenters. The average Bonchev–Trinajstić information content (AvgIpc) is 1.27. The van der Waals surface area contributed by atoms with Crippen LogP contribution < -0.4 is 13.7 Å². The second-order valence-corrected chi connectivity index (χ2v) is 5.16. The summed E-state index contributed by atoms with van der Waals surface area (Å²) in [4.78, 5) is 0. The first-order valence-corrected chi connectivity index (χ1v) is 6.21. The molecule has 0 aliphatic carbocycles. The Morgan fingerprint density at radius 1 is 0.857 bits per heavy atom. The Labute approximate surface area is 57.0 Å². The van der Waals surface area contributed by atoms with Gasteiger partial charge in [-0.15, -0.1) is 0 Å². The Hall–Kier alpha value is 1.26. The quantitative estimate of drug-likeness (QED) is 0.500. The normalized spacial score (nSPS) is 13.7. The third-order valence-corrected chi connectivity index (χ3v) is 4.29. The first-order valence-electron chi connectivity index (χ1n) is 0.926. The van der Waals surface area contributed by atoms with Crippen LogP contribution in [0.2, 0.25) is 0 Å². The molecule has 0 bridgehead atoms. The van der Waals surface area contributed by atoms with Gasteiger partial charge in [0.2, 0.25) is 0 Å². The molecule has 0 fully saturated rings. The van der Waals surface area contributed by atoms with Gasteiger partial charge in [0.1, 0.15) is 0 Å². The van der Waals surface area contributed by atoms with Gasteiger partial charge in [-0.2, -0.15) is 0 Å². The molecular weight excluding hydrogens is 334 g/mol. The van der Waals surface area contributed by atoms with Crippen LogP contribution in [0.1, 0.15) is 0 Å². The molecule has 0 aromatic carbocycles. The molecular formula is I2O5-4. The van der Waals surface area contributed by atoms with Gasteiger partial charge in [0, 0.05) is 0 Å². The number of rotatable bonds is 2. The van der Waals surface area contributed by atoms with E-state index < -0.39 is 42.1 Å². The molecule has 0 amide bonds.